The minimum absolute atomic E-state index is 0.0224. The zero-order valence-electron chi connectivity index (χ0n) is 16.7. The molecule has 0 radical (unpaired) electrons. The number of fused-ring (bicyclic) bond motifs is 1. The zero-order valence-corrected chi connectivity index (χ0v) is 16.7. The molecule has 2 aromatic rings. The van der Waals surface area contributed by atoms with E-state index < -0.39 is 17.5 Å². The summed E-state index contributed by atoms with van der Waals surface area (Å²) < 4.78 is 38.9. The van der Waals surface area contributed by atoms with Gasteiger partial charge in [0.25, 0.3) is 0 Å². The van der Waals surface area contributed by atoms with Crippen molar-refractivity contribution in [1.29, 1.82) is 0 Å². The van der Waals surface area contributed by atoms with E-state index in [0.29, 0.717) is 30.2 Å². The number of alkyl halides is 3. The highest BCUT2D eigenvalue weighted by atomic mass is 19.4. The molecule has 0 bridgehead atoms. The predicted molar refractivity (Wildman–Crippen MR) is 105 cm³/mol. The number of anilines is 1. The van der Waals surface area contributed by atoms with Gasteiger partial charge in [0.2, 0.25) is 0 Å². The van der Waals surface area contributed by atoms with Crippen molar-refractivity contribution in [2.45, 2.75) is 44.9 Å². The molecule has 2 N–H and O–H groups in total. The molecule has 30 heavy (non-hydrogen) atoms. The second kappa shape index (κ2) is 7.54. The Hall–Kier alpha value is -2.68. The van der Waals surface area contributed by atoms with Crippen LogP contribution in [0.1, 0.15) is 30.9 Å². The number of halogens is 3. The van der Waals surface area contributed by atoms with Crippen LogP contribution < -0.4 is 10.2 Å². The van der Waals surface area contributed by atoms with Gasteiger partial charge in [0.1, 0.15) is 11.5 Å². The number of rotatable bonds is 3. The van der Waals surface area contributed by atoms with E-state index >= 15 is 0 Å². The first-order chi connectivity index (χ1) is 14.1. The highest BCUT2D eigenvalue weighted by Crippen LogP contribution is 2.39. The fourth-order valence-electron chi connectivity index (χ4n) is 4.52. The fourth-order valence-corrected chi connectivity index (χ4v) is 4.52. The van der Waals surface area contributed by atoms with Gasteiger partial charge >= 0.3 is 6.18 Å². The number of aromatic hydroxyl groups is 1. The Morgan fingerprint density at radius 2 is 2.03 bits per heavy atom. The van der Waals surface area contributed by atoms with Gasteiger partial charge in [-0.15, -0.1) is 10.2 Å². The summed E-state index contributed by atoms with van der Waals surface area (Å²) in [5, 5.41) is 22.1. The van der Waals surface area contributed by atoms with Crippen molar-refractivity contribution in [3.05, 3.63) is 35.4 Å². The number of benzene rings is 1. The number of phenols is 1. The molecule has 1 aromatic heterocycles. The van der Waals surface area contributed by atoms with Gasteiger partial charge in [0.15, 0.2) is 5.82 Å². The van der Waals surface area contributed by atoms with Gasteiger partial charge in [-0.25, -0.2) is 0 Å². The highest BCUT2D eigenvalue weighted by Gasteiger charge is 2.40. The lowest BCUT2D eigenvalue weighted by molar-refractivity contribution is -0.137. The molecule has 2 aliphatic rings. The van der Waals surface area contributed by atoms with Crippen LogP contribution in [0.15, 0.2) is 24.3 Å². The van der Waals surface area contributed by atoms with Gasteiger partial charge < -0.3 is 15.3 Å². The molecule has 9 heteroatoms. The van der Waals surface area contributed by atoms with E-state index in [2.05, 4.69) is 20.4 Å². The number of Topliss-reactive ketones (excluding diaryl/α,β-unsaturated/α-hetero) is 1. The predicted octanol–water partition coefficient (Wildman–Crippen LogP) is 3.32. The SMILES string of the molecule is CC(=O)C1CN[C@H]2CCN(c3ccc(-c4c(C)cc(C(F)(F)F)cc4O)nn3)[C@H]2C1. The van der Waals surface area contributed by atoms with Crippen LogP contribution in [0, 0.1) is 12.8 Å². The third kappa shape index (κ3) is 3.74. The normalized spacial score (nSPS) is 24.0. The molecule has 1 unspecified atom stereocenters. The topological polar surface area (TPSA) is 78.4 Å². The monoisotopic (exact) mass is 420 g/mol. The summed E-state index contributed by atoms with van der Waals surface area (Å²) in [6, 6.07) is 5.56. The first-order valence-electron chi connectivity index (χ1n) is 9.90. The number of hydrogen-bond acceptors (Lipinski definition) is 6. The molecule has 4 rings (SSSR count). The molecule has 3 heterocycles. The maximum atomic E-state index is 13.0. The Morgan fingerprint density at radius 3 is 2.63 bits per heavy atom. The number of nitrogens with zero attached hydrogens (tertiary/aromatic N) is 3. The van der Waals surface area contributed by atoms with Crippen LogP contribution in [-0.4, -0.2) is 46.3 Å². The second-order valence-electron chi connectivity index (χ2n) is 8.07. The van der Waals surface area contributed by atoms with Crippen molar-refractivity contribution >= 4 is 11.6 Å². The van der Waals surface area contributed by atoms with Crippen LogP contribution in [0.2, 0.25) is 0 Å². The molecule has 0 saturated carbocycles. The van der Waals surface area contributed by atoms with Gasteiger partial charge in [-0.05, 0) is 56.5 Å². The fraction of sp³-hybridized carbons (Fsp3) is 0.476. The van der Waals surface area contributed by atoms with E-state index in [1.54, 1.807) is 19.1 Å². The number of ketones is 1. The molecule has 2 aliphatic heterocycles. The number of piperidine rings is 1. The summed E-state index contributed by atoms with van der Waals surface area (Å²) in [6.45, 7) is 4.59. The van der Waals surface area contributed by atoms with E-state index in [0.717, 1.165) is 25.5 Å². The van der Waals surface area contributed by atoms with Crippen LogP contribution in [0.25, 0.3) is 11.3 Å². The van der Waals surface area contributed by atoms with Crippen molar-refractivity contribution < 1.29 is 23.1 Å². The van der Waals surface area contributed by atoms with Gasteiger partial charge in [-0.3, -0.25) is 4.79 Å². The van der Waals surface area contributed by atoms with Gasteiger partial charge in [0, 0.05) is 36.7 Å². The largest absolute Gasteiger partial charge is 0.507 e. The molecule has 0 amide bonds. The maximum Gasteiger partial charge on any atom is 0.416 e. The third-order valence-electron chi connectivity index (χ3n) is 6.12. The number of carbonyl (C=O) groups excluding carboxylic acids is 1. The van der Waals surface area contributed by atoms with Crippen molar-refractivity contribution in [2.24, 2.45) is 5.92 Å². The Bertz CT molecular complexity index is 939. The van der Waals surface area contributed by atoms with Crippen LogP contribution in [0.5, 0.6) is 5.75 Å². The Morgan fingerprint density at radius 1 is 1.27 bits per heavy atom. The number of hydrogen-bond donors (Lipinski definition) is 2. The van der Waals surface area contributed by atoms with Gasteiger partial charge in [-0.1, -0.05) is 0 Å². The van der Waals surface area contributed by atoms with Crippen LogP contribution in [-0.2, 0) is 11.0 Å². The van der Waals surface area contributed by atoms with Gasteiger partial charge in [0.05, 0.1) is 11.3 Å². The number of carbonyl (C=O) groups is 1. The lowest BCUT2D eigenvalue weighted by Crippen LogP contribution is -2.52. The summed E-state index contributed by atoms with van der Waals surface area (Å²) >= 11 is 0. The summed E-state index contributed by atoms with van der Waals surface area (Å²) in [6.07, 6.45) is -2.83. The Labute approximate surface area is 172 Å². The molecular formula is C21H23F3N4O2. The molecule has 160 valence electrons. The first kappa shape index (κ1) is 20.6. The van der Waals surface area contributed by atoms with Crippen molar-refractivity contribution in [3.63, 3.8) is 0 Å². The van der Waals surface area contributed by atoms with Crippen molar-refractivity contribution in [1.82, 2.24) is 15.5 Å². The minimum atomic E-state index is -4.53. The number of phenolic OH excluding ortho intramolecular Hbond substituents is 1. The van der Waals surface area contributed by atoms with Crippen LogP contribution in [0.3, 0.4) is 0 Å². The quantitative estimate of drug-likeness (QED) is 0.793. The molecule has 0 aliphatic carbocycles. The van der Waals surface area contributed by atoms with Crippen LogP contribution >= 0.6 is 0 Å². The molecule has 2 fully saturated rings. The van der Waals surface area contributed by atoms with E-state index in [-0.39, 0.29) is 28.9 Å². The molecule has 0 spiro atoms. The van der Waals surface area contributed by atoms with E-state index in [1.165, 1.54) is 6.92 Å². The molecule has 2 saturated heterocycles. The van der Waals surface area contributed by atoms with Crippen molar-refractivity contribution in [3.8, 4) is 17.0 Å². The third-order valence-corrected chi connectivity index (χ3v) is 6.12. The average molecular weight is 420 g/mol. The lowest BCUT2D eigenvalue weighted by atomic mass is 9.88. The smallest absolute Gasteiger partial charge is 0.416 e. The van der Waals surface area contributed by atoms with Crippen LogP contribution in [0.4, 0.5) is 19.0 Å². The number of aromatic nitrogens is 2. The van der Waals surface area contributed by atoms with Gasteiger partial charge in [-0.2, -0.15) is 13.2 Å². The Balaban J connectivity index is 1.59. The van der Waals surface area contributed by atoms with Crippen molar-refractivity contribution in [2.75, 3.05) is 18.0 Å². The van der Waals surface area contributed by atoms with E-state index in [9.17, 15) is 23.1 Å². The summed E-state index contributed by atoms with van der Waals surface area (Å²) in [5.74, 6) is 0.320. The minimum Gasteiger partial charge on any atom is -0.507 e. The average Bonchev–Trinajstić information content (AvgIpc) is 3.10. The van der Waals surface area contributed by atoms with E-state index in [1.807, 2.05) is 0 Å². The molecule has 6 nitrogen and oxygen atoms in total. The number of aryl methyl sites for hydroxylation is 1. The molecular weight excluding hydrogens is 397 g/mol. The molecule has 3 atom stereocenters. The summed E-state index contributed by atoms with van der Waals surface area (Å²) in [4.78, 5) is 13.9. The lowest BCUT2D eigenvalue weighted by Gasteiger charge is -2.36. The summed E-state index contributed by atoms with van der Waals surface area (Å²) in [7, 11) is 0. The Kier molecular flexibility index (Phi) is 5.17. The standard InChI is InChI=1S/C21H23F3N4O2/c1-11-7-14(21(22,23)24)9-18(30)20(11)16-3-4-19(27-26-16)28-6-5-15-17(28)8-13(10-25-15)12(2)29/h3-4,7,9,13,15,17,25,30H,5-6,8,10H2,1-2H3/t13?,15-,17-/m0/s1. The zero-order chi connectivity index (χ0) is 21.6. The van der Waals surface area contributed by atoms with E-state index in [4.69, 9.17) is 0 Å². The number of nitrogens with one attached hydrogen (secondary N) is 1. The summed E-state index contributed by atoms with van der Waals surface area (Å²) in [5.41, 5.74) is -0.0934. The maximum absolute atomic E-state index is 13.0. The second-order valence-corrected chi connectivity index (χ2v) is 8.07. The molecule has 1 aromatic carbocycles. The highest BCUT2D eigenvalue weighted by molar-refractivity contribution is 5.79. The first-order valence-corrected chi connectivity index (χ1v) is 9.90.